The molecule has 1 aliphatic rings. The molecule has 0 aliphatic carbocycles. The van der Waals surface area contributed by atoms with Crippen molar-refractivity contribution >= 4 is 22.4 Å². The van der Waals surface area contributed by atoms with Gasteiger partial charge in [-0.05, 0) is 22.9 Å². The summed E-state index contributed by atoms with van der Waals surface area (Å²) < 4.78 is 0. The lowest BCUT2D eigenvalue weighted by atomic mass is 9.98. The lowest BCUT2D eigenvalue weighted by Crippen LogP contribution is -2.51. The van der Waals surface area contributed by atoms with Gasteiger partial charge in [0, 0.05) is 31.3 Å². The van der Waals surface area contributed by atoms with E-state index < -0.39 is 0 Å². The summed E-state index contributed by atoms with van der Waals surface area (Å²) in [6, 6.07) is 11.5. The van der Waals surface area contributed by atoms with Gasteiger partial charge in [0.25, 0.3) is 5.91 Å². The molecule has 0 atom stereocenters. The number of likely N-dealkylation sites (tertiary alicyclic amines) is 1. The van der Waals surface area contributed by atoms with E-state index >= 15 is 0 Å². The van der Waals surface area contributed by atoms with Crippen molar-refractivity contribution in [2.24, 2.45) is 5.92 Å². The largest absolute Gasteiger partial charge is 0.398 e. The van der Waals surface area contributed by atoms with Crippen LogP contribution in [-0.4, -0.2) is 35.6 Å². The molecule has 0 bridgehead atoms. The number of anilines is 1. The minimum atomic E-state index is -0.0482. The minimum Gasteiger partial charge on any atom is -0.398 e. The summed E-state index contributed by atoms with van der Waals surface area (Å²) in [5.41, 5.74) is 7.04. The van der Waals surface area contributed by atoms with E-state index in [-0.39, 0.29) is 18.4 Å². The van der Waals surface area contributed by atoms with Crippen molar-refractivity contribution in [1.82, 2.24) is 4.90 Å². The Hall–Kier alpha value is -2.07. The highest BCUT2D eigenvalue weighted by molar-refractivity contribution is 6.04. The molecule has 4 nitrogen and oxygen atoms in total. The van der Waals surface area contributed by atoms with E-state index in [0.717, 1.165) is 10.8 Å². The maximum absolute atomic E-state index is 12.3. The molecule has 98 valence electrons. The molecule has 1 fully saturated rings. The molecule has 0 aromatic heterocycles. The Morgan fingerprint density at radius 2 is 1.89 bits per heavy atom. The van der Waals surface area contributed by atoms with Gasteiger partial charge < -0.3 is 15.7 Å². The number of nitrogens with two attached hydrogens (primary N) is 1. The van der Waals surface area contributed by atoms with Gasteiger partial charge in [-0.1, -0.05) is 24.3 Å². The van der Waals surface area contributed by atoms with Crippen molar-refractivity contribution in [2.75, 3.05) is 25.4 Å². The first-order chi connectivity index (χ1) is 9.19. The van der Waals surface area contributed by atoms with E-state index in [4.69, 9.17) is 10.8 Å². The summed E-state index contributed by atoms with van der Waals surface area (Å²) in [6.07, 6.45) is 0. The van der Waals surface area contributed by atoms with Gasteiger partial charge in [-0.15, -0.1) is 0 Å². The molecular formula is C15H16N2O2. The zero-order chi connectivity index (χ0) is 13.4. The van der Waals surface area contributed by atoms with Crippen molar-refractivity contribution in [1.29, 1.82) is 0 Å². The van der Waals surface area contributed by atoms with Crippen LogP contribution in [0.3, 0.4) is 0 Å². The molecule has 3 rings (SSSR count). The number of carbonyl (C=O) groups excluding carboxylic acids is 1. The Kier molecular flexibility index (Phi) is 2.87. The number of aliphatic hydroxyl groups is 1. The van der Waals surface area contributed by atoms with Crippen LogP contribution in [0.1, 0.15) is 10.4 Å². The van der Waals surface area contributed by atoms with Crippen LogP contribution in [0.15, 0.2) is 36.4 Å². The fraction of sp³-hybridized carbons (Fsp3) is 0.267. The summed E-state index contributed by atoms with van der Waals surface area (Å²) in [5.74, 6) is 0.165. The quantitative estimate of drug-likeness (QED) is 0.800. The van der Waals surface area contributed by atoms with Crippen LogP contribution >= 0.6 is 0 Å². The zero-order valence-electron chi connectivity index (χ0n) is 10.5. The Labute approximate surface area is 111 Å². The topological polar surface area (TPSA) is 66.6 Å². The van der Waals surface area contributed by atoms with Gasteiger partial charge in [0.05, 0.1) is 5.56 Å². The van der Waals surface area contributed by atoms with Crippen LogP contribution in [0.5, 0.6) is 0 Å². The van der Waals surface area contributed by atoms with Gasteiger partial charge in [-0.2, -0.15) is 0 Å². The van der Waals surface area contributed by atoms with E-state index in [1.807, 2.05) is 36.4 Å². The normalized spacial score (nSPS) is 15.5. The van der Waals surface area contributed by atoms with Crippen LogP contribution in [0.25, 0.3) is 10.8 Å². The number of aliphatic hydroxyl groups excluding tert-OH is 1. The maximum Gasteiger partial charge on any atom is 0.255 e. The Morgan fingerprint density at radius 1 is 1.26 bits per heavy atom. The second-order valence-corrected chi connectivity index (χ2v) is 5.05. The van der Waals surface area contributed by atoms with Crippen molar-refractivity contribution in [2.45, 2.75) is 0 Å². The smallest absolute Gasteiger partial charge is 0.255 e. The highest BCUT2D eigenvalue weighted by Gasteiger charge is 2.31. The van der Waals surface area contributed by atoms with Crippen LogP contribution in [0.2, 0.25) is 0 Å². The molecule has 1 aliphatic heterocycles. The van der Waals surface area contributed by atoms with Gasteiger partial charge in [0.2, 0.25) is 0 Å². The molecule has 1 heterocycles. The molecule has 0 spiro atoms. The molecule has 1 amide bonds. The first-order valence-corrected chi connectivity index (χ1v) is 6.37. The summed E-state index contributed by atoms with van der Waals surface area (Å²) in [7, 11) is 0. The third-order valence-corrected chi connectivity index (χ3v) is 3.65. The molecule has 1 saturated heterocycles. The minimum absolute atomic E-state index is 0.0482. The summed E-state index contributed by atoms with van der Waals surface area (Å²) >= 11 is 0. The number of amides is 1. The lowest BCUT2D eigenvalue weighted by molar-refractivity contribution is 0.0363. The first-order valence-electron chi connectivity index (χ1n) is 6.37. The van der Waals surface area contributed by atoms with Crippen LogP contribution < -0.4 is 5.73 Å². The second kappa shape index (κ2) is 4.55. The van der Waals surface area contributed by atoms with Crippen LogP contribution in [-0.2, 0) is 0 Å². The Balaban J connectivity index is 1.92. The number of nitrogens with zero attached hydrogens (tertiary/aromatic N) is 1. The van der Waals surface area contributed by atoms with E-state index in [2.05, 4.69) is 0 Å². The molecule has 2 aromatic rings. The molecule has 2 aromatic carbocycles. The Bertz CT molecular complexity index is 633. The SMILES string of the molecule is Nc1cc2ccccc2cc1C(=O)N1CC(CO)C1. The second-order valence-electron chi connectivity index (χ2n) is 5.05. The predicted octanol–water partition coefficient (Wildman–Crippen LogP) is 1.49. The molecule has 0 saturated carbocycles. The van der Waals surface area contributed by atoms with Crippen molar-refractivity contribution in [3.63, 3.8) is 0 Å². The van der Waals surface area contributed by atoms with E-state index in [9.17, 15) is 4.79 Å². The molecular weight excluding hydrogens is 240 g/mol. The highest BCUT2D eigenvalue weighted by atomic mass is 16.3. The van der Waals surface area contributed by atoms with Gasteiger partial charge >= 0.3 is 0 Å². The number of fused-ring (bicyclic) bond motifs is 1. The summed E-state index contributed by atoms with van der Waals surface area (Å²) in [4.78, 5) is 14.0. The standard InChI is InChI=1S/C15H16N2O2/c16-14-6-12-4-2-1-3-11(12)5-13(14)15(19)17-7-10(8-17)9-18/h1-6,10,18H,7-9,16H2. The third-order valence-electron chi connectivity index (χ3n) is 3.65. The van der Waals surface area contributed by atoms with Gasteiger partial charge in [0.15, 0.2) is 0 Å². The van der Waals surface area contributed by atoms with E-state index in [0.29, 0.717) is 24.3 Å². The fourth-order valence-corrected chi connectivity index (χ4v) is 2.46. The predicted molar refractivity (Wildman–Crippen MR) is 74.8 cm³/mol. The van der Waals surface area contributed by atoms with Gasteiger partial charge in [-0.25, -0.2) is 0 Å². The Morgan fingerprint density at radius 3 is 2.53 bits per heavy atom. The fourth-order valence-electron chi connectivity index (χ4n) is 2.46. The van der Waals surface area contributed by atoms with Gasteiger partial charge in [-0.3, -0.25) is 4.79 Å². The van der Waals surface area contributed by atoms with Crippen molar-refractivity contribution < 1.29 is 9.90 Å². The number of hydrogen-bond donors (Lipinski definition) is 2. The number of nitrogen functional groups attached to an aromatic ring is 1. The van der Waals surface area contributed by atoms with Crippen LogP contribution in [0.4, 0.5) is 5.69 Å². The number of carbonyl (C=O) groups is 1. The summed E-state index contributed by atoms with van der Waals surface area (Å²) in [5, 5.41) is 11.0. The molecule has 3 N–H and O–H groups in total. The first kappa shape index (κ1) is 12.0. The van der Waals surface area contributed by atoms with Crippen LogP contribution in [0, 0.1) is 5.92 Å². The van der Waals surface area contributed by atoms with Crippen molar-refractivity contribution in [3.05, 3.63) is 42.0 Å². The average Bonchev–Trinajstić information content (AvgIpc) is 2.36. The van der Waals surface area contributed by atoms with E-state index in [1.54, 1.807) is 4.90 Å². The highest BCUT2D eigenvalue weighted by Crippen LogP contribution is 2.25. The van der Waals surface area contributed by atoms with Gasteiger partial charge in [0.1, 0.15) is 0 Å². The number of hydrogen-bond acceptors (Lipinski definition) is 3. The lowest BCUT2D eigenvalue weighted by Gasteiger charge is -2.38. The third kappa shape index (κ3) is 2.04. The average molecular weight is 256 g/mol. The molecule has 0 unspecified atom stereocenters. The molecule has 19 heavy (non-hydrogen) atoms. The van der Waals surface area contributed by atoms with Crippen molar-refractivity contribution in [3.8, 4) is 0 Å². The monoisotopic (exact) mass is 256 g/mol. The molecule has 0 radical (unpaired) electrons. The zero-order valence-corrected chi connectivity index (χ0v) is 10.5. The summed E-state index contributed by atoms with van der Waals surface area (Å²) in [6.45, 7) is 1.36. The number of benzene rings is 2. The van der Waals surface area contributed by atoms with E-state index in [1.165, 1.54) is 0 Å². The number of rotatable bonds is 2. The molecule has 4 heteroatoms. The maximum atomic E-state index is 12.3.